The fourth-order valence-corrected chi connectivity index (χ4v) is 2.98. The average molecular weight is 357 g/mol. The summed E-state index contributed by atoms with van der Waals surface area (Å²) in [6, 6.07) is 13.6. The zero-order chi connectivity index (χ0) is 17.6. The second-order valence-corrected chi connectivity index (χ2v) is 6.09. The molecule has 1 amide bonds. The number of carbonyl (C=O) groups is 1. The summed E-state index contributed by atoms with van der Waals surface area (Å²) in [5, 5.41) is 8.40. The predicted octanol–water partition coefficient (Wildman–Crippen LogP) is 4.28. The molecular weight excluding hydrogens is 341 g/mol. The molecule has 0 radical (unpaired) electrons. The summed E-state index contributed by atoms with van der Waals surface area (Å²) >= 11 is 1.42. The maximum absolute atomic E-state index is 13.2. The van der Waals surface area contributed by atoms with Crippen LogP contribution in [0.3, 0.4) is 0 Å². The number of ether oxygens (including phenoxy) is 1. The molecule has 0 atom stereocenters. The first-order valence-electron chi connectivity index (χ1n) is 7.51. The first-order chi connectivity index (χ1) is 12.1. The van der Waals surface area contributed by atoms with E-state index in [0.717, 1.165) is 11.3 Å². The molecule has 1 aromatic heterocycles. The number of halogens is 1. The molecule has 0 aliphatic heterocycles. The zero-order valence-corrected chi connectivity index (χ0v) is 14.3. The number of carbonyl (C=O) groups excluding carboxylic acids is 1. The van der Waals surface area contributed by atoms with Crippen molar-refractivity contribution in [1.82, 2.24) is 4.98 Å². The third-order valence-corrected chi connectivity index (χ3v) is 4.06. The van der Waals surface area contributed by atoms with E-state index in [9.17, 15) is 9.18 Å². The van der Waals surface area contributed by atoms with E-state index in [0.29, 0.717) is 16.5 Å². The molecule has 0 unspecified atom stereocenters. The summed E-state index contributed by atoms with van der Waals surface area (Å²) in [5.41, 5.74) is 2.96. The quantitative estimate of drug-likeness (QED) is 0.691. The van der Waals surface area contributed by atoms with Crippen molar-refractivity contribution in [2.45, 2.75) is 0 Å². The number of rotatable bonds is 6. The van der Waals surface area contributed by atoms with Gasteiger partial charge in [-0.25, -0.2) is 9.37 Å². The Kier molecular flexibility index (Phi) is 5.37. The van der Waals surface area contributed by atoms with Crippen LogP contribution in [0.1, 0.15) is 0 Å². The fourth-order valence-electron chi connectivity index (χ4n) is 2.24. The molecule has 128 valence electrons. The lowest BCUT2D eigenvalue weighted by atomic mass is 10.1. The van der Waals surface area contributed by atoms with Gasteiger partial charge < -0.3 is 15.4 Å². The minimum absolute atomic E-state index is 0.00261. The maximum atomic E-state index is 13.2. The van der Waals surface area contributed by atoms with Gasteiger partial charge in [0, 0.05) is 29.4 Å². The highest BCUT2D eigenvalue weighted by Gasteiger charge is 2.07. The minimum Gasteiger partial charge on any atom is -0.375 e. The number of aromatic nitrogens is 1. The van der Waals surface area contributed by atoms with Gasteiger partial charge in [0.2, 0.25) is 5.91 Å². The summed E-state index contributed by atoms with van der Waals surface area (Å²) in [7, 11) is 1.47. The van der Waals surface area contributed by atoms with Gasteiger partial charge >= 0.3 is 0 Å². The molecule has 3 aromatic rings. The standard InChI is InChI=1S/C18H16FN3O2S/c1-24-10-17(23)20-14-6-2-4-12(8-14)16-11-25-18(22-16)21-15-7-3-5-13(19)9-15/h2-9,11H,10H2,1H3,(H,20,23)(H,21,22). The van der Waals surface area contributed by atoms with Gasteiger partial charge in [-0.3, -0.25) is 4.79 Å². The van der Waals surface area contributed by atoms with E-state index >= 15 is 0 Å². The van der Waals surface area contributed by atoms with Crippen molar-refractivity contribution < 1.29 is 13.9 Å². The van der Waals surface area contributed by atoms with Gasteiger partial charge in [-0.2, -0.15) is 0 Å². The molecule has 7 heteroatoms. The Balaban J connectivity index is 1.74. The van der Waals surface area contributed by atoms with Crippen LogP contribution in [0.2, 0.25) is 0 Å². The van der Waals surface area contributed by atoms with Crippen LogP contribution < -0.4 is 10.6 Å². The number of anilines is 3. The highest BCUT2D eigenvalue weighted by Crippen LogP contribution is 2.28. The predicted molar refractivity (Wildman–Crippen MR) is 97.7 cm³/mol. The molecule has 0 aliphatic rings. The number of thiazole rings is 1. The van der Waals surface area contributed by atoms with Crippen LogP contribution in [-0.2, 0) is 9.53 Å². The second kappa shape index (κ2) is 7.87. The molecule has 0 fully saturated rings. The van der Waals surface area contributed by atoms with E-state index in [4.69, 9.17) is 4.74 Å². The fraction of sp³-hybridized carbons (Fsp3) is 0.111. The van der Waals surface area contributed by atoms with Crippen molar-refractivity contribution in [1.29, 1.82) is 0 Å². The number of hydrogen-bond donors (Lipinski definition) is 2. The molecule has 1 heterocycles. The van der Waals surface area contributed by atoms with Crippen LogP contribution in [0.15, 0.2) is 53.9 Å². The van der Waals surface area contributed by atoms with Crippen molar-refractivity contribution in [2.24, 2.45) is 0 Å². The summed E-state index contributed by atoms with van der Waals surface area (Å²) in [5.74, 6) is -0.521. The topological polar surface area (TPSA) is 63.2 Å². The molecule has 0 bridgehead atoms. The third-order valence-electron chi connectivity index (χ3n) is 3.30. The van der Waals surface area contributed by atoms with E-state index in [1.165, 1.54) is 30.6 Å². The van der Waals surface area contributed by atoms with Gasteiger partial charge in [-0.15, -0.1) is 11.3 Å². The van der Waals surface area contributed by atoms with Gasteiger partial charge in [0.05, 0.1) is 5.69 Å². The van der Waals surface area contributed by atoms with Crippen LogP contribution in [0.4, 0.5) is 20.9 Å². The first kappa shape index (κ1) is 17.1. The van der Waals surface area contributed by atoms with Crippen molar-refractivity contribution in [3.8, 4) is 11.3 Å². The molecule has 0 saturated carbocycles. The summed E-state index contributed by atoms with van der Waals surface area (Å²) in [6.07, 6.45) is 0. The molecule has 3 rings (SSSR count). The molecule has 0 saturated heterocycles. The zero-order valence-electron chi connectivity index (χ0n) is 13.5. The van der Waals surface area contributed by atoms with Crippen molar-refractivity contribution in [3.63, 3.8) is 0 Å². The Labute approximate surface area is 148 Å². The second-order valence-electron chi connectivity index (χ2n) is 5.24. The Morgan fingerprint density at radius 3 is 2.80 bits per heavy atom. The Hall–Kier alpha value is -2.77. The number of methoxy groups -OCH3 is 1. The lowest BCUT2D eigenvalue weighted by Gasteiger charge is -2.06. The van der Waals surface area contributed by atoms with Crippen LogP contribution in [0.5, 0.6) is 0 Å². The molecule has 25 heavy (non-hydrogen) atoms. The number of nitrogens with zero attached hydrogens (tertiary/aromatic N) is 1. The van der Waals surface area contributed by atoms with Crippen LogP contribution >= 0.6 is 11.3 Å². The molecular formula is C18H16FN3O2S. The van der Waals surface area contributed by atoms with E-state index in [-0.39, 0.29) is 18.3 Å². The lowest BCUT2D eigenvalue weighted by molar-refractivity contribution is -0.119. The maximum Gasteiger partial charge on any atom is 0.250 e. The van der Waals surface area contributed by atoms with Gasteiger partial charge in [0.1, 0.15) is 12.4 Å². The first-order valence-corrected chi connectivity index (χ1v) is 8.39. The van der Waals surface area contributed by atoms with Crippen molar-refractivity contribution in [2.75, 3.05) is 24.4 Å². The number of benzene rings is 2. The minimum atomic E-state index is -0.304. The smallest absolute Gasteiger partial charge is 0.250 e. The molecule has 2 N–H and O–H groups in total. The van der Waals surface area contributed by atoms with E-state index in [1.807, 2.05) is 23.6 Å². The van der Waals surface area contributed by atoms with Crippen molar-refractivity contribution >= 4 is 33.8 Å². The van der Waals surface area contributed by atoms with Crippen LogP contribution in [0.25, 0.3) is 11.3 Å². The van der Waals surface area contributed by atoms with Crippen LogP contribution in [-0.4, -0.2) is 24.6 Å². The lowest BCUT2D eigenvalue weighted by Crippen LogP contribution is -2.16. The Morgan fingerprint density at radius 2 is 2.00 bits per heavy atom. The van der Waals surface area contributed by atoms with Gasteiger partial charge in [-0.05, 0) is 30.3 Å². The van der Waals surface area contributed by atoms with E-state index in [2.05, 4.69) is 15.6 Å². The highest BCUT2D eigenvalue weighted by molar-refractivity contribution is 7.14. The Morgan fingerprint density at radius 1 is 1.20 bits per heavy atom. The number of hydrogen-bond acceptors (Lipinski definition) is 5. The summed E-state index contributed by atoms with van der Waals surface area (Å²) in [4.78, 5) is 16.1. The van der Waals surface area contributed by atoms with Gasteiger partial charge in [-0.1, -0.05) is 18.2 Å². The van der Waals surface area contributed by atoms with Crippen molar-refractivity contribution in [3.05, 3.63) is 59.7 Å². The SMILES string of the molecule is COCC(=O)Nc1cccc(-c2csc(Nc3cccc(F)c3)n2)c1. The third kappa shape index (κ3) is 4.62. The monoisotopic (exact) mass is 357 g/mol. The van der Waals surface area contributed by atoms with Gasteiger partial charge in [0.25, 0.3) is 0 Å². The molecule has 0 aliphatic carbocycles. The number of nitrogens with one attached hydrogen (secondary N) is 2. The molecule has 5 nitrogen and oxygen atoms in total. The molecule has 2 aromatic carbocycles. The summed E-state index contributed by atoms with van der Waals surface area (Å²) < 4.78 is 18.0. The normalized spacial score (nSPS) is 10.5. The Bertz CT molecular complexity index is 882. The van der Waals surface area contributed by atoms with Crippen LogP contribution in [0, 0.1) is 5.82 Å². The number of amides is 1. The molecule has 0 spiro atoms. The average Bonchev–Trinajstić information content (AvgIpc) is 3.04. The highest BCUT2D eigenvalue weighted by atomic mass is 32.1. The van der Waals surface area contributed by atoms with Gasteiger partial charge in [0.15, 0.2) is 5.13 Å². The summed E-state index contributed by atoms with van der Waals surface area (Å²) in [6.45, 7) is 0.00261. The largest absolute Gasteiger partial charge is 0.375 e. The van der Waals surface area contributed by atoms with E-state index in [1.54, 1.807) is 18.2 Å². The van der Waals surface area contributed by atoms with E-state index < -0.39 is 0 Å².